The lowest BCUT2D eigenvalue weighted by Crippen LogP contribution is -1.97. The molecule has 0 aliphatic carbocycles. The van der Waals surface area contributed by atoms with Crippen LogP contribution in [0, 0.1) is 0 Å². The first-order valence-corrected chi connectivity index (χ1v) is 7.03. The molecule has 0 saturated carbocycles. The molecule has 2 aromatic carbocycles. The van der Waals surface area contributed by atoms with Gasteiger partial charge in [0.25, 0.3) is 0 Å². The fourth-order valence-electron chi connectivity index (χ4n) is 2.44. The number of aliphatic hydroxyl groups is 1. The quantitative estimate of drug-likeness (QED) is 0.797. The summed E-state index contributed by atoms with van der Waals surface area (Å²) in [6.45, 7) is 1.97. The molecule has 1 atom stereocenters. The van der Waals surface area contributed by atoms with Gasteiger partial charge in [-0.05, 0) is 36.2 Å². The van der Waals surface area contributed by atoms with Gasteiger partial charge >= 0.3 is 0 Å². The van der Waals surface area contributed by atoms with E-state index in [0.29, 0.717) is 6.42 Å². The predicted molar refractivity (Wildman–Crippen MR) is 82.9 cm³/mol. The summed E-state index contributed by atoms with van der Waals surface area (Å²) < 4.78 is 7.13. The number of ether oxygens (including phenoxy) is 1. The van der Waals surface area contributed by atoms with Crippen molar-refractivity contribution in [2.45, 2.75) is 19.4 Å². The van der Waals surface area contributed by atoms with Crippen molar-refractivity contribution in [3.8, 4) is 11.4 Å². The molecule has 4 nitrogen and oxygen atoms in total. The first-order valence-electron chi connectivity index (χ1n) is 7.03. The van der Waals surface area contributed by atoms with Crippen LogP contribution in [0.15, 0.2) is 48.7 Å². The Morgan fingerprint density at radius 1 is 1.24 bits per heavy atom. The molecule has 1 aromatic heterocycles. The Balaban J connectivity index is 2.08. The first-order chi connectivity index (χ1) is 10.2. The van der Waals surface area contributed by atoms with Crippen LogP contribution in [0.25, 0.3) is 16.6 Å². The molecular weight excluding hydrogens is 264 g/mol. The second kappa shape index (κ2) is 5.58. The SMILES string of the molecule is CCC(O)c1ccc2c(cnn2-c2cccc(OC)c2)c1. The molecule has 0 amide bonds. The molecular formula is C17H18N2O2. The summed E-state index contributed by atoms with van der Waals surface area (Å²) >= 11 is 0. The first kappa shape index (κ1) is 13.6. The maximum atomic E-state index is 9.94. The van der Waals surface area contributed by atoms with Gasteiger partial charge in [-0.1, -0.05) is 19.1 Å². The minimum Gasteiger partial charge on any atom is -0.497 e. The maximum Gasteiger partial charge on any atom is 0.121 e. The van der Waals surface area contributed by atoms with E-state index in [1.165, 1.54) is 0 Å². The van der Waals surface area contributed by atoms with E-state index in [1.807, 2.05) is 60.3 Å². The zero-order valence-corrected chi connectivity index (χ0v) is 12.2. The maximum absolute atomic E-state index is 9.94. The zero-order chi connectivity index (χ0) is 14.8. The third-order valence-electron chi connectivity index (χ3n) is 3.66. The van der Waals surface area contributed by atoms with Crippen molar-refractivity contribution in [2.75, 3.05) is 7.11 Å². The van der Waals surface area contributed by atoms with Crippen molar-refractivity contribution in [3.05, 3.63) is 54.2 Å². The standard InChI is InChI=1S/C17H18N2O2/c1-3-17(20)12-7-8-16-13(9-12)11-18-19(16)14-5-4-6-15(10-14)21-2/h4-11,17,20H,3H2,1-2H3. The smallest absolute Gasteiger partial charge is 0.121 e. The average Bonchev–Trinajstić information content (AvgIpc) is 2.97. The molecule has 108 valence electrons. The third-order valence-corrected chi connectivity index (χ3v) is 3.66. The highest BCUT2D eigenvalue weighted by molar-refractivity contribution is 5.81. The molecule has 0 radical (unpaired) electrons. The van der Waals surface area contributed by atoms with E-state index in [9.17, 15) is 5.11 Å². The van der Waals surface area contributed by atoms with Crippen molar-refractivity contribution in [2.24, 2.45) is 0 Å². The molecule has 1 N–H and O–H groups in total. The van der Waals surface area contributed by atoms with Gasteiger partial charge in [-0.15, -0.1) is 0 Å². The largest absolute Gasteiger partial charge is 0.497 e. The Morgan fingerprint density at radius 3 is 2.86 bits per heavy atom. The minimum absolute atomic E-state index is 0.422. The molecule has 3 rings (SSSR count). The molecule has 0 aliphatic heterocycles. The summed E-state index contributed by atoms with van der Waals surface area (Å²) in [6, 6.07) is 13.7. The number of aromatic nitrogens is 2. The van der Waals surface area contributed by atoms with E-state index in [4.69, 9.17) is 4.74 Å². The van der Waals surface area contributed by atoms with E-state index in [2.05, 4.69) is 5.10 Å². The van der Waals surface area contributed by atoms with Gasteiger partial charge in [-0.25, -0.2) is 4.68 Å². The molecule has 4 heteroatoms. The Bertz CT molecular complexity index is 764. The van der Waals surface area contributed by atoms with E-state index in [0.717, 1.165) is 27.9 Å². The Labute approximate surface area is 123 Å². The second-order valence-corrected chi connectivity index (χ2v) is 5.00. The number of aliphatic hydroxyl groups excluding tert-OH is 1. The van der Waals surface area contributed by atoms with Gasteiger partial charge in [-0.3, -0.25) is 0 Å². The fraction of sp³-hybridized carbons (Fsp3) is 0.235. The van der Waals surface area contributed by atoms with Crippen LogP contribution in [0.2, 0.25) is 0 Å². The highest BCUT2D eigenvalue weighted by atomic mass is 16.5. The molecule has 0 aliphatic rings. The van der Waals surface area contributed by atoms with Crippen molar-refractivity contribution in [1.29, 1.82) is 0 Å². The molecule has 3 aromatic rings. The van der Waals surface area contributed by atoms with Crippen LogP contribution in [0.3, 0.4) is 0 Å². The summed E-state index contributed by atoms with van der Waals surface area (Å²) in [5.41, 5.74) is 2.89. The number of nitrogens with zero attached hydrogens (tertiary/aromatic N) is 2. The zero-order valence-electron chi connectivity index (χ0n) is 12.2. The van der Waals surface area contributed by atoms with E-state index < -0.39 is 6.10 Å². The van der Waals surface area contributed by atoms with Crippen molar-refractivity contribution in [3.63, 3.8) is 0 Å². The summed E-state index contributed by atoms with van der Waals surface area (Å²) in [4.78, 5) is 0. The van der Waals surface area contributed by atoms with Crippen LogP contribution in [0.4, 0.5) is 0 Å². The van der Waals surface area contributed by atoms with Gasteiger partial charge in [-0.2, -0.15) is 5.10 Å². The van der Waals surface area contributed by atoms with Gasteiger partial charge in [0.05, 0.1) is 30.6 Å². The number of fused-ring (bicyclic) bond motifs is 1. The highest BCUT2D eigenvalue weighted by Crippen LogP contribution is 2.25. The van der Waals surface area contributed by atoms with Crippen LogP contribution in [-0.4, -0.2) is 22.0 Å². The topological polar surface area (TPSA) is 47.3 Å². The highest BCUT2D eigenvalue weighted by Gasteiger charge is 2.09. The van der Waals surface area contributed by atoms with Crippen molar-refractivity contribution in [1.82, 2.24) is 9.78 Å². The Morgan fingerprint density at radius 2 is 2.10 bits per heavy atom. The van der Waals surface area contributed by atoms with Gasteiger partial charge in [0.15, 0.2) is 0 Å². The molecule has 1 heterocycles. The van der Waals surface area contributed by atoms with Crippen LogP contribution in [0.5, 0.6) is 5.75 Å². The summed E-state index contributed by atoms with van der Waals surface area (Å²) in [5, 5.41) is 15.4. The van der Waals surface area contributed by atoms with Gasteiger partial charge in [0, 0.05) is 11.5 Å². The molecule has 0 bridgehead atoms. The van der Waals surface area contributed by atoms with E-state index in [-0.39, 0.29) is 0 Å². The average molecular weight is 282 g/mol. The van der Waals surface area contributed by atoms with Gasteiger partial charge in [0.2, 0.25) is 0 Å². The lowest BCUT2D eigenvalue weighted by atomic mass is 10.1. The molecule has 0 saturated heterocycles. The summed E-state index contributed by atoms with van der Waals surface area (Å²) in [7, 11) is 1.65. The summed E-state index contributed by atoms with van der Waals surface area (Å²) in [6.07, 6.45) is 2.10. The Kier molecular flexibility index (Phi) is 3.62. The molecule has 0 fully saturated rings. The van der Waals surface area contributed by atoms with Crippen LogP contribution >= 0.6 is 0 Å². The van der Waals surface area contributed by atoms with Crippen LogP contribution in [0.1, 0.15) is 25.0 Å². The number of rotatable bonds is 4. The fourth-order valence-corrected chi connectivity index (χ4v) is 2.44. The number of hydrogen-bond acceptors (Lipinski definition) is 3. The number of hydrogen-bond donors (Lipinski definition) is 1. The lowest BCUT2D eigenvalue weighted by Gasteiger charge is -2.09. The van der Waals surface area contributed by atoms with Crippen molar-refractivity contribution >= 4 is 10.9 Å². The number of methoxy groups -OCH3 is 1. The monoisotopic (exact) mass is 282 g/mol. The summed E-state index contributed by atoms with van der Waals surface area (Å²) in [5.74, 6) is 0.800. The number of benzene rings is 2. The normalized spacial score (nSPS) is 12.5. The molecule has 0 spiro atoms. The Hall–Kier alpha value is -2.33. The van der Waals surface area contributed by atoms with Crippen molar-refractivity contribution < 1.29 is 9.84 Å². The third kappa shape index (κ3) is 2.50. The molecule has 21 heavy (non-hydrogen) atoms. The van der Waals surface area contributed by atoms with Gasteiger partial charge in [0.1, 0.15) is 5.75 Å². The van der Waals surface area contributed by atoms with E-state index in [1.54, 1.807) is 7.11 Å². The lowest BCUT2D eigenvalue weighted by molar-refractivity contribution is 0.174. The van der Waals surface area contributed by atoms with Crippen LogP contribution in [-0.2, 0) is 0 Å². The molecule has 1 unspecified atom stereocenters. The second-order valence-electron chi connectivity index (χ2n) is 5.00. The van der Waals surface area contributed by atoms with Crippen LogP contribution < -0.4 is 4.74 Å². The van der Waals surface area contributed by atoms with E-state index >= 15 is 0 Å². The predicted octanol–water partition coefficient (Wildman–Crippen LogP) is 3.48. The van der Waals surface area contributed by atoms with Gasteiger partial charge < -0.3 is 9.84 Å². The minimum atomic E-state index is -0.422.